The van der Waals surface area contributed by atoms with Gasteiger partial charge < -0.3 is 5.32 Å². The highest BCUT2D eigenvalue weighted by Gasteiger charge is 2.64. The number of benzene rings is 1. The third-order valence-electron chi connectivity index (χ3n) is 5.92. The average Bonchev–Trinajstić information content (AvgIpc) is 2.80. The van der Waals surface area contributed by atoms with Crippen LogP contribution >= 0.6 is 0 Å². The first-order valence-corrected chi connectivity index (χ1v) is 8.06. The Morgan fingerprint density at radius 2 is 1.68 bits per heavy atom. The molecule has 19 heavy (non-hydrogen) atoms. The molecule has 0 heterocycles. The molecule has 4 atom stereocenters. The van der Waals surface area contributed by atoms with Crippen LogP contribution in [-0.4, -0.2) is 6.04 Å². The minimum Gasteiger partial charge on any atom is -0.309 e. The number of hydrogen-bond acceptors (Lipinski definition) is 1. The van der Waals surface area contributed by atoms with Crippen molar-refractivity contribution >= 4 is 0 Å². The lowest BCUT2D eigenvalue weighted by atomic mass is 10.0. The average molecular weight is 255 g/mol. The Morgan fingerprint density at radius 1 is 1.05 bits per heavy atom. The highest BCUT2D eigenvalue weighted by Crippen LogP contribution is 2.65. The second-order valence-electron chi connectivity index (χ2n) is 7.29. The van der Waals surface area contributed by atoms with E-state index >= 15 is 0 Å². The Labute approximate surface area is 116 Å². The van der Waals surface area contributed by atoms with Gasteiger partial charge in [0.25, 0.3) is 0 Å². The zero-order chi connectivity index (χ0) is 13.0. The summed E-state index contributed by atoms with van der Waals surface area (Å²) in [4.78, 5) is 0. The molecule has 1 nitrogen and oxygen atoms in total. The van der Waals surface area contributed by atoms with Crippen LogP contribution in [0.3, 0.4) is 0 Å². The molecular formula is C18H25N. The number of hydrogen-bond donors (Lipinski definition) is 1. The normalized spacial score (nSPS) is 38.8. The summed E-state index contributed by atoms with van der Waals surface area (Å²) in [5.74, 6) is 4.90. The van der Waals surface area contributed by atoms with Gasteiger partial charge in [0.05, 0.1) is 0 Å². The van der Waals surface area contributed by atoms with Gasteiger partial charge in [-0.05, 0) is 60.0 Å². The van der Waals surface area contributed by atoms with Gasteiger partial charge in [0.1, 0.15) is 0 Å². The second kappa shape index (κ2) is 4.34. The van der Waals surface area contributed by atoms with Crippen LogP contribution in [0.1, 0.15) is 50.2 Å². The van der Waals surface area contributed by atoms with Crippen molar-refractivity contribution in [3.05, 3.63) is 35.4 Å². The fraction of sp³-hybridized carbons (Fsp3) is 0.667. The topological polar surface area (TPSA) is 12.0 Å². The van der Waals surface area contributed by atoms with Crippen molar-refractivity contribution < 1.29 is 0 Å². The molecule has 0 saturated heterocycles. The lowest BCUT2D eigenvalue weighted by molar-refractivity contribution is 0.456. The van der Waals surface area contributed by atoms with Gasteiger partial charge in [-0.2, -0.15) is 0 Å². The van der Waals surface area contributed by atoms with Crippen LogP contribution in [0.4, 0.5) is 0 Å². The Balaban J connectivity index is 1.34. The Morgan fingerprint density at radius 3 is 2.26 bits per heavy atom. The standard InChI is InChI=1S/C18H25N/c1-11(2)13-5-3-12(4-6-13)10-19-18-16-14-7-8-15(9-14)17(16)18/h3-6,11,14-19H,7-10H2,1-2H3. The molecule has 0 spiro atoms. The van der Waals surface area contributed by atoms with E-state index in [4.69, 9.17) is 0 Å². The Kier molecular flexibility index (Phi) is 2.73. The first-order valence-electron chi connectivity index (χ1n) is 8.06. The van der Waals surface area contributed by atoms with Crippen LogP contribution < -0.4 is 5.32 Å². The summed E-state index contributed by atoms with van der Waals surface area (Å²) >= 11 is 0. The van der Waals surface area contributed by atoms with E-state index in [0.717, 1.165) is 36.3 Å². The lowest BCUT2D eigenvalue weighted by Crippen LogP contribution is -2.22. The molecule has 3 saturated carbocycles. The van der Waals surface area contributed by atoms with E-state index in [9.17, 15) is 0 Å². The highest BCUT2D eigenvalue weighted by atomic mass is 15.0. The molecule has 4 rings (SSSR count). The summed E-state index contributed by atoms with van der Waals surface area (Å²) in [5.41, 5.74) is 2.90. The molecule has 1 N–H and O–H groups in total. The maximum Gasteiger partial charge on any atom is 0.0208 e. The van der Waals surface area contributed by atoms with Gasteiger partial charge in [0.2, 0.25) is 0 Å². The first-order chi connectivity index (χ1) is 9.24. The molecule has 4 unspecified atom stereocenters. The molecule has 3 aliphatic carbocycles. The minimum absolute atomic E-state index is 0.639. The minimum atomic E-state index is 0.639. The van der Waals surface area contributed by atoms with E-state index in [1.54, 1.807) is 6.42 Å². The SMILES string of the molecule is CC(C)c1ccc(CNC2C3C4CCC(C4)C23)cc1. The number of nitrogens with one attached hydrogen (secondary N) is 1. The van der Waals surface area contributed by atoms with E-state index in [1.165, 1.54) is 24.0 Å². The summed E-state index contributed by atoms with van der Waals surface area (Å²) in [6.45, 7) is 5.58. The number of fused-ring (bicyclic) bond motifs is 5. The summed E-state index contributed by atoms with van der Waals surface area (Å²) in [5, 5.41) is 3.82. The highest BCUT2D eigenvalue weighted by molar-refractivity contribution is 5.25. The van der Waals surface area contributed by atoms with Crippen molar-refractivity contribution in [2.75, 3.05) is 0 Å². The molecule has 0 radical (unpaired) electrons. The Bertz CT molecular complexity index is 445. The van der Waals surface area contributed by atoms with Crippen molar-refractivity contribution in [3.63, 3.8) is 0 Å². The van der Waals surface area contributed by atoms with Crippen LogP contribution in [-0.2, 0) is 6.54 Å². The summed E-state index contributed by atoms with van der Waals surface area (Å²) in [7, 11) is 0. The predicted molar refractivity (Wildman–Crippen MR) is 79.0 cm³/mol. The van der Waals surface area contributed by atoms with Crippen LogP contribution in [0, 0.1) is 23.7 Å². The van der Waals surface area contributed by atoms with Gasteiger partial charge in [-0.25, -0.2) is 0 Å². The van der Waals surface area contributed by atoms with E-state index in [-0.39, 0.29) is 0 Å². The third-order valence-corrected chi connectivity index (χ3v) is 5.92. The van der Waals surface area contributed by atoms with Crippen molar-refractivity contribution in [2.24, 2.45) is 23.7 Å². The van der Waals surface area contributed by atoms with Crippen molar-refractivity contribution in [3.8, 4) is 0 Å². The van der Waals surface area contributed by atoms with Gasteiger partial charge in [-0.3, -0.25) is 0 Å². The van der Waals surface area contributed by atoms with Crippen LogP contribution in [0.15, 0.2) is 24.3 Å². The van der Waals surface area contributed by atoms with Gasteiger partial charge >= 0.3 is 0 Å². The molecule has 1 aromatic carbocycles. The molecule has 2 bridgehead atoms. The molecule has 3 aliphatic rings. The molecule has 3 fully saturated rings. The monoisotopic (exact) mass is 255 g/mol. The largest absolute Gasteiger partial charge is 0.309 e. The molecule has 0 amide bonds. The van der Waals surface area contributed by atoms with Gasteiger partial charge in [0, 0.05) is 12.6 Å². The van der Waals surface area contributed by atoms with Gasteiger partial charge in [-0.1, -0.05) is 38.1 Å². The predicted octanol–water partition coefficient (Wildman–Crippen LogP) is 3.94. The quantitative estimate of drug-likeness (QED) is 0.859. The Hall–Kier alpha value is -0.820. The van der Waals surface area contributed by atoms with E-state index in [2.05, 4.69) is 43.4 Å². The molecule has 0 aromatic heterocycles. The molecular weight excluding hydrogens is 230 g/mol. The van der Waals surface area contributed by atoms with E-state index in [0.29, 0.717) is 5.92 Å². The summed E-state index contributed by atoms with van der Waals surface area (Å²) in [6, 6.07) is 10.0. The van der Waals surface area contributed by atoms with Gasteiger partial charge in [0.15, 0.2) is 0 Å². The van der Waals surface area contributed by atoms with Crippen molar-refractivity contribution in [2.45, 2.75) is 51.6 Å². The molecule has 102 valence electrons. The van der Waals surface area contributed by atoms with Crippen LogP contribution in [0.25, 0.3) is 0 Å². The second-order valence-corrected chi connectivity index (χ2v) is 7.29. The number of rotatable bonds is 4. The van der Waals surface area contributed by atoms with Crippen molar-refractivity contribution in [1.82, 2.24) is 5.32 Å². The zero-order valence-corrected chi connectivity index (χ0v) is 12.1. The van der Waals surface area contributed by atoms with Crippen LogP contribution in [0.2, 0.25) is 0 Å². The van der Waals surface area contributed by atoms with Crippen molar-refractivity contribution in [1.29, 1.82) is 0 Å². The maximum absolute atomic E-state index is 3.82. The molecule has 1 aromatic rings. The molecule has 1 heteroatoms. The van der Waals surface area contributed by atoms with E-state index in [1.807, 2.05) is 0 Å². The lowest BCUT2D eigenvalue weighted by Gasteiger charge is -2.11. The maximum atomic E-state index is 3.82. The first kappa shape index (κ1) is 12.0. The molecule has 0 aliphatic heterocycles. The third kappa shape index (κ3) is 1.94. The van der Waals surface area contributed by atoms with Gasteiger partial charge in [-0.15, -0.1) is 0 Å². The summed E-state index contributed by atoms with van der Waals surface area (Å²) in [6.07, 6.45) is 4.59. The van der Waals surface area contributed by atoms with Crippen LogP contribution in [0.5, 0.6) is 0 Å². The zero-order valence-electron chi connectivity index (χ0n) is 12.1. The fourth-order valence-corrected chi connectivity index (χ4v) is 4.85. The fourth-order valence-electron chi connectivity index (χ4n) is 4.85. The summed E-state index contributed by atoms with van der Waals surface area (Å²) < 4.78 is 0. The van der Waals surface area contributed by atoms with E-state index < -0.39 is 0 Å². The smallest absolute Gasteiger partial charge is 0.0208 e.